The zero-order valence-electron chi connectivity index (χ0n) is 79.4. The summed E-state index contributed by atoms with van der Waals surface area (Å²) in [5, 5.41) is 56.2. The summed E-state index contributed by atoms with van der Waals surface area (Å²) in [6, 6.07) is 33.6. The average Bonchev–Trinajstić information content (AvgIpc) is 0.814. The number of ether oxygens (including phenoxy) is 6. The molecule has 27 heteroatoms. The molecule has 702 valence electrons. The fourth-order valence-corrected chi connectivity index (χ4v) is 14.3. The van der Waals surface area contributed by atoms with Gasteiger partial charge in [0.1, 0.15) is 36.1 Å². The van der Waals surface area contributed by atoms with Crippen LogP contribution in [0.5, 0.6) is 11.5 Å². The summed E-state index contributed by atoms with van der Waals surface area (Å²) in [4.78, 5) is 85.2. The molecule has 0 heterocycles. The van der Waals surface area contributed by atoms with Crippen molar-refractivity contribution in [2.24, 2.45) is 51.7 Å². The Hall–Kier alpha value is -11.0. The van der Waals surface area contributed by atoms with Crippen LogP contribution in [-0.2, 0) is 42.9 Å². The van der Waals surface area contributed by atoms with E-state index in [0.29, 0.717) is 115 Å². The number of methoxy groups -OCH3 is 2. The van der Waals surface area contributed by atoms with Gasteiger partial charge in [-0.25, -0.2) is 9.59 Å². The van der Waals surface area contributed by atoms with Gasteiger partial charge in [0, 0.05) is 73.4 Å². The molecule has 0 saturated carbocycles. The number of carbonyl (C=O) groups excluding carboxylic acids is 5. The van der Waals surface area contributed by atoms with Crippen LogP contribution in [0, 0.1) is 44.9 Å². The second kappa shape index (κ2) is 63.9. The van der Waals surface area contributed by atoms with E-state index in [2.05, 4.69) is 66.2 Å². The smallest absolute Gasteiger partial charge is 0.374 e. The zero-order chi connectivity index (χ0) is 93.8. The summed E-state index contributed by atoms with van der Waals surface area (Å²) in [7, 11) is 3.04. The first-order chi connectivity index (χ1) is 61.7. The first kappa shape index (κ1) is 109. The molecule has 0 aliphatic heterocycles. The third kappa shape index (κ3) is 44.2. The number of anilines is 2. The number of non-ortho nitro benzene ring substituents is 2. The van der Waals surface area contributed by atoms with Crippen LogP contribution in [0.1, 0.15) is 299 Å². The highest BCUT2D eigenvalue weighted by Crippen LogP contribution is 2.41. The average molecular weight is 1770 g/mol. The predicted octanol–water partition coefficient (Wildman–Crippen LogP) is 29.8. The summed E-state index contributed by atoms with van der Waals surface area (Å²) < 4.78 is 32.6. The van der Waals surface area contributed by atoms with Crippen molar-refractivity contribution in [3.8, 4) is 11.5 Å². The number of azo groups is 4. The Morgan fingerprint density at radius 3 is 0.961 bits per heavy atom. The topological polar surface area (TPSA) is 332 Å². The van der Waals surface area contributed by atoms with E-state index >= 15 is 0 Å². The number of nitro benzene ring substituents is 2. The number of carbonyl (C=O) groups is 5. The van der Waals surface area contributed by atoms with Crippen molar-refractivity contribution < 1.29 is 62.2 Å². The molecule has 0 aromatic heterocycles. The number of esters is 4. The van der Waals surface area contributed by atoms with Gasteiger partial charge in [-0.05, 0) is 177 Å². The van der Waals surface area contributed by atoms with Gasteiger partial charge in [0.25, 0.3) is 11.4 Å². The molecule has 1 atom stereocenters. The second-order valence-electron chi connectivity index (χ2n) is 33.6. The van der Waals surface area contributed by atoms with Crippen LogP contribution in [0.25, 0.3) is 0 Å². The van der Waals surface area contributed by atoms with Gasteiger partial charge >= 0.3 is 23.9 Å². The first-order valence-electron chi connectivity index (χ1n) is 46.7. The van der Waals surface area contributed by atoms with Crippen LogP contribution < -0.4 is 19.3 Å². The summed E-state index contributed by atoms with van der Waals surface area (Å²) >= 11 is 0. The first-order valence-corrected chi connectivity index (χ1v) is 46.7. The van der Waals surface area contributed by atoms with Crippen molar-refractivity contribution in [2.45, 2.75) is 301 Å². The van der Waals surface area contributed by atoms with Crippen LogP contribution in [0.3, 0.4) is 0 Å². The molecule has 0 aliphatic rings. The van der Waals surface area contributed by atoms with E-state index in [9.17, 15) is 44.2 Å². The molecule has 0 aliphatic carbocycles. The maximum atomic E-state index is 13.4. The summed E-state index contributed by atoms with van der Waals surface area (Å²) in [5.41, 5.74) is 6.62. The van der Waals surface area contributed by atoms with Crippen molar-refractivity contribution in [1.29, 1.82) is 0 Å². The van der Waals surface area contributed by atoms with Gasteiger partial charge in [0.15, 0.2) is 0 Å². The lowest BCUT2D eigenvalue weighted by atomic mass is 9.72. The Kier molecular flexibility index (Phi) is 54.6. The van der Waals surface area contributed by atoms with Gasteiger partial charge in [0.2, 0.25) is 5.78 Å². The van der Waals surface area contributed by atoms with E-state index in [1.165, 1.54) is 256 Å². The number of hydrogen-bond acceptors (Lipinski definition) is 25. The molecule has 6 rings (SSSR count). The van der Waals surface area contributed by atoms with Gasteiger partial charge in [0.05, 0.1) is 95.3 Å². The van der Waals surface area contributed by atoms with Crippen molar-refractivity contribution in [3.63, 3.8) is 0 Å². The minimum Gasteiger partial charge on any atom is -0.494 e. The Bertz CT molecular complexity index is 4380. The number of hydrogen-bond donors (Lipinski definition) is 0. The van der Waals surface area contributed by atoms with Crippen LogP contribution in [0.2, 0.25) is 0 Å². The lowest BCUT2D eigenvalue weighted by Crippen LogP contribution is -2.39. The molecule has 0 radical (unpaired) electrons. The molecular formula is C101H148N12O15. The molecule has 0 saturated heterocycles. The van der Waals surface area contributed by atoms with E-state index in [1.54, 1.807) is 31.2 Å². The van der Waals surface area contributed by atoms with Crippen molar-refractivity contribution >= 4 is 97.9 Å². The van der Waals surface area contributed by atoms with E-state index in [1.807, 2.05) is 109 Å². The van der Waals surface area contributed by atoms with Crippen LogP contribution in [0.4, 0.5) is 68.2 Å². The van der Waals surface area contributed by atoms with E-state index in [4.69, 9.17) is 28.4 Å². The molecule has 6 aromatic rings. The van der Waals surface area contributed by atoms with Gasteiger partial charge in [-0.15, -0.1) is 10.2 Å². The minimum atomic E-state index is -0.871. The lowest BCUT2D eigenvalue weighted by Gasteiger charge is -2.34. The largest absolute Gasteiger partial charge is 0.494 e. The van der Waals surface area contributed by atoms with Gasteiger partial charge < -0.3 is 38.2 Å². The Morgan fingerprint density at radius 2 is 0.664 bits per heavy atom. The molecule has 128 heavy (non-hydrogen) atoms. The number of benzene rings is 6. The highest BCUT2D eigenvalue weighted by molar-refractivity contribution is 6.32. The standard InChI is InChI=1S/C52H78N6O7.C27H28N6O6.C22H42O2/c1-9-12-13-14-15-16-17-18-19-20-21-22-23-24-25-26-36-64-50(60)52(7,10-2)40-51(5,6)49(59)65-37-35-57(11-3)44-31-27-42(28-32-44)53-55-46-39-48(63-8)47(38-41(46)4)56-54-43-29-33-45(34-30-43)58(61)62;1-5-32(14-15-39-27(35)19(3)34)22-10-6-20(7-11-22)28-30-24-17-26(38-4)25(16-18(24)2)31-29-21-8-12-23(13-9-21)33(36)37;1-4-5-6-7-8-9-10-11-12-13-14-15-16-17-18-19-20-24-22(23)21(2)3/h27-34,38-39H,9-26,35-37,40H2,1-8H3;6-13,16-17H,5,14-15H2,1-4H3;2,4-20H2,1,3H3. The van der Waals surface area contributed by atoms with E-state index in [0.717, 1.165) is 41.8 Å². The second-order valence-corrected chi connectivity index (χ2v) is 33.6. The number of unbranched alkanes of at least 4 members (excludes halogenated alkanes) is 30. The van der Waals surface area contributed by atoms with Gasteiger partial charge in [-0.3, -0.25) is 34.6 Å². The predicted molar refractivity (Wildman–Crippen MR) is 512 cm³/mol. The molecule has 0 N–H and O–H groups in total. The van der Waals surface area contributed by atoms with E-state index in [-0.39, 0.29) is 42.5 Å². The van der Waals surface area contributed by atoms with E-state index < -0.39 is 32.4 Å². The highest BCUT2D eigenvalue weighted by atomic mass is 16.6. The molecule has 6 aromatic carbocycles. The molecule has 0 bridgehead atoms. The number of rotatable bonds is 63. The van der Waals surface area contributed by atoms with Crippen LogP contribution in [0.15, 0.2) is 174 Å². The number of nitro groups is 2. The van der Waals surface area contributed by atoms with Crippen molar-refractivity contribution in [3.05, 3.63) is 165 Å². The van der Waals surface area contributed by atoms with Crippen LogP contribution in [-0.4, -0.2) is 106 Å². The molecule has 0 amide bonds. The van der Waals surface area contributed by atoms with Crippen molar-refractivity contribution in [1.82, 2.24) is 0 Å². The number of nitrogens with zero attached hydrogens (tertiary/aromatic N) is 12. The monoisotopic (exact) mass is 1770 g/mol. The lowest BCUT2D eigenvalue weighted by molar-refractivity contribution is -0.385. The normalized spacial score (nSPS) is 11.8. The molecule has 0 spiro atoms. The fourth-order valence-electron chi connectivity index (χ4n) is 14.3. The fraction of sp³-hybridized carbons (Fsp3) is 0.574. The summed E-state index contributed by atoms with van der Waals surface area (Å²) in [6.45, 7) is 29.9. The Balaban J connectivity index is 0.000000457. The molecule has 1 unspecified atom stereocenters. The molecule has 27 nitrogen and oxygen atoms in total. The Labute approximate surface area is 762 Å². The zero-order valence-corrected chi connectivity index (χ0v) is 79.4. The minimum absolute atomic E-state index is 0.0229. The third-order valence-electron chi connectivity index (χ3n) is 22.3. The Morgan fingerprint density at radius 1 is 0.375 bits per heavy atom. The van der Waals surface area contributed by atoms with Crippen molar-refractivity contribution in [2.75, 3.05) is 76.6 Å². The quantitative estimate of drug-likeness (QED) is 0.00500. The SMILES string of the molecule is C=C(C)C(=O)OCCCCCCCCCCCCCCCCCC.CCCCCCCCCCCCCCCCCCOC(=O)C(C)(CC)CC(C)(C)C(=O)OCCN(CC)c1ccc(N=Nc2cc(OC)c(N=Nc3ccc([N+](=O)[O-])cc3)cc2C)cc1.CCN(CCOC(=O)C(C)=O)c1ccc(N=Nc2cc(OC)c(N=Nc3ccc([N+](=O)[O-])cc3)cc2C)cc1. The number of Topliss-reactive ketones (excluding diaryl/α,β-unsaturated/α-hetero) is 1. The maximum absolute atomic E-state index is 13.4. The van der Waals surface area contributed by atoms with Crippen LogP contribution >= 0.6 is 0 Å². The third-order valence-corrected chi connectivity index (χ3v) is 22.3. The summed E-state index contributed by atoms with van der Waals surface area (Å²) in [6.07, 6.45) is 43.4. The maximum Gasteiger partial charge on any atom is 0.374 e. The molecule has 0 fully saturated rings. The van der Waals surface area contributed by atoms with Gasteiger partial charge in [-0.2, -0.15) is 30.7 Å². The number of likely N-dealkylation sites (N-methyl/N-ethyl adjacent to an activating group) is 2. The number of aryl methyl sites for hydroxylation is 2. The summed E-state index contributed by atoms with van der Waals surface area (Å²) in [5.74, 6) is -1.39. The number of ketones is 1. The highest BCUT2D eigenvalue weighted by Gasteiger charge is 2.43. The molecular weight excluding hydrogens is 1620 g/mol. The van der Waals surface area contributed by atoms with Gasteiger partial charge in [-0.1, -0.05) is 220 Å².